The van der Waals surface area contributed by atoms with Crippen LogP contribution in [0.15, 0.2) is 36.5 Å². The van der Waals surface area contributed by atoms with Crippen LogP contribution in [-0.4, -0.2) is 19.7 Å². The van der Waals surface area contributed by atoms with Crippen molar-refractivity contribution in [1.29, 1.82) is 0 Å². The molecule has 3 aromatic rings. The van der Waals surface area contributed by atoms with Crippen molar-refractivity contribution < 1.29 is 17.2 Å². The van der Waals surface area contributed by atoms with E-state index in [4.69, 9.17) is 0 Å². The Morgan fingerprint density at radius 2 is 2.04 bits per heavy atom. The third-order valence-corrected chi connectivity index (χ3v) is 5.77. The Morgan fingerprint density at radius 3 is 2.74 bits per heavy atom. The van der Waals surface area contributed by atoms with Gasteiger partial charge in [0, 0.05) is 17.5 Å². The molecule has 2 aromatic carbocycles. The van der Waals surface area contributed by atoms with E-state index in [1.54, 1.807) is 18.2 Å². The molecule has 0 bridgehead atoms. The number of H-pyrrole nitrogens is 1. The highest BCUT2D eigenvalue weighted by molar-refractivity contribution is 7.92. The van der Waals surface area contributed by atoms with E-state index in [0.717, 1.165) is 41.2 Å². The maximum atomic E-state index is 13.7. The summed E-state index contributed by atoms with van der Waals surface area (Å²) >= 11 is 0. The fourth-order valence-corrected chi connectivity index (χ4v) is 4.77. The van der Waals surface area contributed by atoms with Crippen molar-refractivity contribution in [3.05, 3.63) is 64.3 Å². The Balaban J connectivity index is 1.83. The van der Waals surface area contributed by atoms with E-state index in [1.807, 2.05) is 18.3 Å². The van der Waals surface area contributed by atoms with Crippen LogP contribution in [0.4, 0.5) is 14.5 Å². The Morgan fingerprint density at radius 1 is 1.22 bits per heavy atom. The molecular formula is C20H20F2N2O2S. The van der Waals surface area contributed by atoms with E-state index in [1.165, 1.54) is 0 Å². The van der Waals surface area contributed by atoms with Gasteiger partial charge in [-0.15, -0.1) is 0 Å². The van der Waals surface area contributed by atoms with Crippen molar-refractivity contribution >= 4 is 26.6 Å². The van der Waals surface area contributed by atoms with E-state index in [-0.39, 0.29) is 5.92 Å². The van der Waals surface area contributed by atoms with Gasteiger partial charge in [-0.05, 0) is 46.7 Å². The van der Waals surface area contributed by atoms with Gasteiger partial charge in [0.05, 0.1) is 17.5 Å². The average molecular weight is 390 g/mol. The Labute approximate surface area is 156 Å². The molecular weight excluding hydrogens is 370 g/mol. The van der Waals surface area contributed by atoms with Crippen LogP contribution in [-0.2, 0) is 29.8 Å². The molecule has 142 valence electrons. The molecule has 2 N–H and O–H groups in total. The summed E-state index contributed by atoms with van der Waals surface area (Å²) in [6, 6.07) is 8.87. The predicted molar refractivity (Wildman–Crippen MR) is 103 cm³/mol. The lowest BCUT2D eigenvalue weighted by Crippen LogP contribution is -2.09. The molecule has 0 radical (unpaired) electrons. The minimum absolute atomic E-state index is 0.00152. The van der Waals surface area contributed by atoms with Crippen LogP contribution in [0.2, 0.25) is 0 Å². The van der Waals surface area contributed by atoms with Crippen molar-refractivity contribution in [3.8, 4) is 0 Å². The average Bonchev–Trinajstić information content (AvgIpc) is 3.23. The molecule has 7 heteroatoms. The molecule has 1 aliphatic carbocycles. The largest absolute Gasteiger partial charge is 0.359 e. The second-order valence-corrected chi connectivity index (χ2v) is 8.78. The molecule has 0 amide bonds. The normalized spacial score (nSPS) is 16.6. The third kappa shape index (κ3) is 3.20. The number of nitrogens with one attached hydrogen (secondary N) is 2. The zero-order chi connectivity index (χ0) is 19.2. The standard InChI is InChI=1S/C20H20F2N2O2S/c1-27(25,26)24-18-4-2-3-16-17(11-23-20(16)18)15-6-5-13-7-12(9-21)8-14(10-22)19(13)15/h2-4,7-8,11,15,23-24H,5-6,9-10H2,1H3. The second kappa shape index (κ2) is 6.64. The first-order valence-electron chi connectivity index (χ1n) is 8.75. The smallest absolute Gasteiger partial charge is 0.229 e. The number of fused-ring (bicyclic) bond motifs is 2. The molecule has 0 fully saturated rings. The number of sulfonamides is 1. The lowest BCUT2D eigenvalue weighted by molar-refractivity contribution is 0.472. The van der Waals surface area contributed by atoms with Crippen LogP contribution in [0.3, 0.4) is 0 Å². The molecule has 1 aromatic heterocycles. The molecule has 0 aliphatic heterocycles. The van der Waals surface area contributed by atoms with E-state index < -0.39 is 23.4 Å². The molecule has 1 aliphatic rings. The van der Waals surface area contributed by atoms with Crippen molar-refractivity contribution in [1.82, 2.24) is 4.98 Å². The number of hydrogen-bond donors (Lipinski definition) is 2. The second-order valence-electron chi connectivity index (χ2n) is 7.03. The van der Waals surface area contributed by atoms with Crippen LogP contribution in [0.5, 0.6) is 0 Å². The highest BCUT2D eigenvalue weighted by atomic mass is 32.2. The Hall–Kier alpha value is -2.41. The van der Waals surface area contributed by atoms with Gasteiger partial charge >= 0.3 is 0 Å². The molecule has 1 atom stereocenters. The summed E-state index contributed by atoms with van der Waals surface area (Å²) in [6.45, 7) is -1.23. The molecule has 0 spiro atoms. The SMILES string of the molecule is CS(=O)(=O)Nc1cccc2c(C3CCc4cc(CF)cc(CF)c43)c[nH]c12. The number of halogens is 2. The molecule has 27 heavy (non-hydrogen) atoms. The van der Waals surface area contributed by atoms with E-state index in [9.17, 15) is 17.2 Å². The first kappa shape index (κ1) is 18.0. The van der Waals surface area contributed by atoms with Gasteiger partial charge in [-0.2, -0.15) is 0 Å². The van der Waals surface area contributed by atoms with Crippen LogP contribution >= 0.6 is 0 Å². The van der Waals surface area contributed by atoms with Crippen molar-refractivity contribution in [3.63, 3.8) is 0 Å². The van der Waals surface area contributed by atoms with Crippen LogP contribution in [0, 0.1) is 0 Å². The number of aryl methyl sites for hydroxylation is 1. The van der Waals surface area contributed by atoms with Gasteiger partial charge in [0.25, 0.3) is 0 Å². The Kier molecular flexibility index (Phi) is 4.42. The zero-order valence-electron chi connectivity index (χ0n) is 14.9. The molecule has 0 saturated carbocycles. The fraction of sp³-hybridized carbons (Fsp3) is 0.300. The summed E-state index contributed by atoms with van der Waals surface area (Å²) in [5.41, 5.74) is 5.19. The van der Waals surface area contributed by atoms with E-state index >= 15 is 0 Å². The van der Waals surface area contributed by atoms with Crippen LogP contribution in [0.1, 0.15) is 40.2 Å². The number of aromatic nitrogens is 1. The van der Waals surface area contributed by atoms with Gasteiger partial charge < -0.3 is 4.98 Å². The predicted octanol–water partition coefficient (Wildman–Crippen LogP) is 4.56. The number of rotatable bonds is 5. The number of alkyl halides is 2. The zero-order valence-corrected chi connectivity index (χ0v) is 15.7. The summed E-state index contributed by atoms with van der Waals surface area (Å²) in [6.07, 6.45) is 4.56. The molecule has 4 rings (SSSR count). The van der Waals surface area contributed by atoms with Crippen molar-refractivity contribution in [2.45, 2.75) is 32.1 Å². The summed E-state index contributed by atoms with van der Waals surface area (Å²) < 4.78 is 52.5. The highest BCUT2D eigenvalue weighted by Crippen LogP contribution is 2.44. The van der Waals surface area contributed by atoms with Gasteiger partial charge in [0.15, 0.2) is 0 Å². The summed E-state index contributed by atoms with van der Waals surface area (Å²) in [5.74, 6) is 0.00152. The summed E-state index contributed by atoms with van der Waals surface area (Å²) in [4.78, 5) is 3.17. The summed E-state index contributed by atoms with van der Waals surface area (Å²) in [7, 11) is -3.40. The minimum atomic E-state index is -3.40. The van der Waals surface area contributed by atoms with Gasteiger partial charge in [0.1, 0.15) is 13.3 Å². The lowest BCUT2D eigenvalue weighted by atomic mass is 9.89. The number of hydrogen-bond acceptors (Lipinski definition) is 2. The highest BCUT2D eigenvalue weighted by Gasteiger charge is 2.29. The quantitative estimate of drug-likeness (QED) is 0.671. The minimum Gasteiger partial charge on any atom is -0.359 e. The number of benzene rings is 2. The van der Waals surface area contributed by atoms with Crippen molar-refractivity contribution in [2.75, 3.05) is 11.0 Å². The van der Waals surface area contributed by atoms with Crippen LogP contribution in [0.25, 0.3) is 10.9 Å². The van der Waals surface area contributed by atoms with Gasteiger partial charge in [0.2, 0.25) is 10.0 Å². The summed E-state index contributed by atoms with van der Waals surface area (Å²) in [5, 5.41) is 0.904. The van der Waals surface area contributed by atoms with Crippen molar-refractivity contribution in [2.24, 2.45) is 0 Å². The van der Waals surface area contributed by atoms with E-state index in [0.29, 0.717) is 22.3 Å². The maximum absolute atomic E-state index is 13.7. The number of aromatic amines is 1. The number of anilines is 1. The maximum Gasteiger partial charge on any atom is 0.229 e. The number of para-hydroxylation sites is 1. The van der Waals surface area contributed by atoms with Crippen LogP contribution < -0.4 is 4.72 Å². The molecule has 0 saturated heterocycles. The Bertz CT molecular complexity index is 1120. The molecule has 4 nitrogen and oxygen atoms in total. The lowest BCUT2D eigenvalue weighted by Gasteiger charge is -2.16. The molecule has 1 unspecified atom stereocenters. The van der Waals surface area contributed by atoms with E-state index in [2.05, 4.69) is 9.71 Å². The molecule has 1 heterocycles. The fourth-order valence-electron chi connectivity index (χ4n) is 4.20. The third-order valence-electron chi connectivity index (χ3n) is 5.18. The van der Waals surface area contributed by atoms with Gasteiger partial charge in [-0.3, -0.25) is 4.72 Å². The monoisotopic (exact) mass is 390 g/mol. The van der Waals surface area contributed by atoms with Gasteiger partial charge in [-0.1, -0.05) is 24.3 Å². The topological polar surface area (TPSA) is 62.0 Å². The first-order chi connectivity index (χ1) is 12.9. The van der Waals surface area contributed by atoms with Gasteiger partial charge in [-0.25, -0.2) is 17.2 Å². The first-order valence-corrected chi connectivity index (χ1v) is 10.6.